The second-order valence-corrected chi connectivity index (χ2v) is 6.07. The fraction of sp³-hybridized carbons (Fsp3) is 0.111. The van der Waals surface area contributed by atoms with Crippen LogP contribution in [0.5, 0.6) is 0 Å². The summed E-state index contributed by atoms with van der Waals surface area (Å²) in [5.41, 5.74) is 2.83. The van der Waals surface area contributed by atoms with Gasteiger partial charge in [0.25, 0.3) is 0 Å². The molecule has 0 saturated carbocycles. The summed E-state index contributed by atoms with van der Waals surface area (Å²) in [6.45, 7) is 0. The van der Waals surface area contributed by atoms with Gasteiger partial charge in [-0.1, -0.05) is 54.1 Å². The van der Waals surface area contributed by atoms with Crippen LogP contribution in [0.15, 0.2) is 60.2 Å². The van der Waals surface area contributed by atoms with Crippen molar-refractivity contribution in [3.63, 3.8) is 0 Å². The molecule has 122 valence electrons. The Kier molecular flexibility index (Phi) is 4.83. The largest absolute Gasteiger partial charge is 0.466 e. The van der Waals surface area contributed by atoms with E-state index in [4.69, 9.17) is 28.6 Å². The van der Waals surface area contributed by atoms with E-state index in [0.717, 1.165) is 11.1 Å². The molecule has 0 radical (unpaired) electrons. The molecular formula is C18H15ClN2O2S. The van der Waals surface area contributed by atoms with Crippen molar-refractivity contribution in [3.05, 3.63) is 76.3 Å². The molecule has 6 heteroatoms. The number of carbonyl (C=O) groups is 1. The number of ether oxygens (including phenoxy) is 1. The fourth-order valence-electron chi connectivity index (χ4n) is 2.63. The smallest absolute Gasteiger partial charge is 0.338 e. The maximum absolute atomic E-state index is 12.5. The first-order valence-electron chi connectivity index (χ1n) is 7.31. The molecule has 3 rings (SSSR count). The topological polar surface area (TPSA) is 50.4 Å². The average Bonchev–Trinajstić information content (AvgIpc) is 2.61. The van der Waals surface area contributed by atoms with Crippen LogP contribution in [0.1, 0.15) is 17.2 Å². The number of rotatable bonds is 3. The van der Waals surface area contributed by atoms with Crippen molar-refractivity contribution >= 4 is 40.6 Å². The molecule has 2 aromatic carbocycles. The van der Waals surface area contributed by atoms with Crippen molar-refractivity contribution < 1.29 is 9.53 Å². The lowest BCUT2D eigenvalue weighted by Gasteiger charge is -2.31. The number of carbonyl (C=O) groups excluding carboxylic acids is 1. The second-order valence-electron chi connectivity index (χ2n) is 5.23. The SMILES string of the molecule is COC(=O)C1=C(c2ccc(Cl)cc2)NC(=S)N[C@H]1c1ccccc1. The summed E-state index contributed by atoms with van der Waals surface area (Å²) >= 11 is 11.3. The predicted molar refractivity (Wildman–Crippen MR) is 98.4 cm³/mol. The third-order valence-electron chi connectivity index (χ3n) is 3.74. The van der Waals surface area contributed by atoms with E-state index in [1.54, 1.807) is 12.1 Å². The summed E-state index contributed by atoms with van der Waals surface area (Å²) in [5.74, 6) is -0.420. The van der Waals surface area contributed by atoms with E-state index in [0.29, 0.717) is 21.4 Å². The molecule has 0 spiro atoms. The molecule has 0 aliphatic carbocycles. The minimum atomic E-state index is -0.420. The van der Waals surface area contributed by atoms with Crippen LogP contribution in [-0.4, -0.2) is 18.2 Å². The molecule has 0 aromatic heterocycles. The Bertz CT molecular complexity index is 804. The maximum Gasteiger partial charge on any atom is 0.338 e. The second kappa shape index (κ2) is 7.03. The third kappa shape index (κ3) is 3.27. The van der Waals surface area contributed by atoms with Crippen LogP contribution in [0.3, 0.4) is 0 Å². The number of hydrogen-bond acceptors (Lipinski definition) is 3. The summed E-state index contributed by atoms with van der Waals surface area (Å²) in [6.07, 6.45) is 0. The van der Waals surface area contributed by atoms with Crippen molar-refractivity contribution in [2.75, 3.05) is 7.11 Å². The van der Waals surface area contributed by atoms with E-state index < -0.39 is 12.0 Å². The van der Waals surface area contributed by atoms with E-state index in [9.17, 15) is 4.79 Å². The fourth-order valence-corrected chi connectivity index (χ4v) is 2.98. The van der Waals surface area contributed by atoms with Crippen molar-refractivity contribution in [1.82, 2.24) is 10.6 Å². The van der Waals surface area contributed by atoms with Crippen molar-refractivity contribution in [3.8, 4) is 0 Å². The Morgan fingerprint density at radius 3 is 2.42 bits per heavy atom. The number of nitrogens with one attached hydrogen (secondary N) is 2. The normalized spacial score (nSPS) is 17.1. The van der Waals surface area contributed by atoms with Gasteiger partial charge >= 0.3 is 5.97 Å². The summed E-state index contributed by atoms with van der Waals surface area (Å²) in [5, 5.41) is 7.28. The van der Waals surface area contributed by atoms with Gasteiger partial charge in [-0.05, 0) is 35.5 Å². The number of benzene rings is 2. The molecule has 0 saturated heterocycles. The van der Waals surface area contributed by atoms with Gasteiger partial charge in [0.2, 0.25) is 0 Å². The van der Waals surface area contributed by atoms with E-state index in [1.807, 2.05) is 42.5 Å². The molecule has 24 heavy (non-hydrogen) atoms. The Balaban J connectivity index is 2.18. The minimum Gasteiger partial charge on any atom is -0.466 e. The van der Waals surface area contributed by atoms with Gasteiger partial charge in [0.05, 0.1) is 24.4 Å². The van der Waals surface area contributed by atoms with Gasteiger partial charge in [0, 0.05) is 5.02 Å². The minimum absolute atomic E-state index is 0.391. The molecule has 1 atom stereocenters. The standard InChI is InChI=1S/C18H15ClN2O2S/c1-23-17(22)14-15(11-5-3-2-4-6-11)20-18(24)21-16(14)12-7-9-13(19)10-8-12/h2-10,15H,1H3,(H2,20,21,24)/t15-/m0/s1. The number of hydrogen-bond donors (Lipinski definition) is 2. The highest BCUT2D eigenvalue weighted by atomic mass is 35.5. The zero-order valence-corrected chi connectivity index (χ0v) is 14.4. The molecule has 1 aliphatic heterocycles. The number of halogens is 1. The molecule has 0 unspecified atom stereocenters. The quantitative estimate of drug-likeness (QED) is 0.650. The highest BCUT2D eigenvalue weighted by Gasteiger charge is 2.32. The van der Waals surface area contributed by atoms with Gasteiger partial charge in [0.1, 0.15) is 0 Å². The number of esters is 1. The van der Waals surface area contributed by atoms with Crippen LogP contribution < -0.4 is 10.6 Å². The Hall–Kier alpha value is -2.37. The number of methoxy groups -OCH3 is 1. The van der Waals surface area contributed by atoms with E-state index >= 15 is 0 Å². The van der Waals surface area contributed by atoms with Crippen molar-refractivity contribution in [1.29, 1.82) is 0 Å². The Morgan fingerprint density at radius 2 is 1.79 bits per heavy atom. The molecule has 2 aromatic rings. The van der Waals surface area contributed by atoms with E-state index in [1.165, 1.54) is 7.11 Å². The lowest BCUT2D eigenvalue weighted by atomic mass is 9.93. The van der Waals surface area contributed by atoms with Gasteiger partial charge in [-0.25, -0.2) is 4.79 Å². The number of thiocarbonyl (C=S) groups is 1. The lowest BCUT2D eigenvalue weighted by molar-refractivity contribution is -0.136. The zero-order valence-electron chi connectivity index (χ0n) is 12.9. The first-order chi connectivity index (χ1) is 11.6. The van der Waals surface area contributed by atoms with Gasteiger partial charge in [-0.3, -0.25) is 0 Å². The first-order valence-corrected chi connectivity index (χ1v) is 8.09. The monoisotopic (exact) mass is 358 g/mol. The first kappa shape index (κ1) is 16.5. The summed E-state index contributed by atoms with van der Waals surface area (Å²) in [7, 11) is 1.36. The van der Waals surface area contributed by atoms with Gasteiger partial charge < -0.3 is 15.4 Å². The van der Waals surface area contributed by atoms with Crippen LogP contribution in [-0.2, 0) is 9.53 Å². The van der Waals surface area contributed by atoms with E-state index in [2.05, 4.69) is 10.6 Å². The van der Waals surface area contributed by atoms with Crippen LogP contribution in [0.4, 0.5) is 0 Å². The lowest BCUT2D eigenvalue weighted by Crippen LogP contribution is -2.45. The van der Waals surface area contributed by atoms with Gasteiger partial charge in [-0.2, -0.15) is 0 Å². The predicted octanol–water partition coefficient (Wildman–Crippen LogP) is 3.44. The van der Waals surface area contributed by atoms with Gasteiger partial charge in [-0.15, -0.1) is 0 Å². The Labute approximate surface area is 150 Å². The van der Waals surface area contributed by atoms with E-state index in [-0.39, 0.29) is 0 Å². The van der Waals surface area contributed by atoms with Gasteiger partial charge in [0.15, 0.2) is 5.11 Å². The van der Waals surface area contributed by atoms with Crippen LogP contribution in [0, 0.1) is 0 Å². The molecule has 1 aliphatic rings. The average molecular weight is 359 g/mol. The maximum atomic E-state index is 12.5. The highest BCUT2D eigenvalue weighted by molar-refractivity contribution is 7.80. The summed E-state index contributed by atoms with van der Waals surface area (Å²) in [6, 6.07) is 16.4. The molecular weight excluding hydrogens is 344 g/mol. The molecule has 2 N–H and O–H groups in total. The van der Waals surface area contributed by atoms with Crippen molar-refractivity contribution in [2.45, 2.75) is 6.04 Å². The third-order valence-corrected chi connectivity index (χ3v) is 4.21. The van der Waals surface area contributed by atoms with Crippen molar-refractivity contribution in [2.24, 2.45) is 0 Å². The molecule has 0 fully saturated rings. The molecule has 0 amide bonds. The Morgan fingerprint density at radius 1 is 1.12 bits per heavy atom. The highest BCUT2D eigenvalue weighted by Crippen LogP contribution is 2.32. The molecule has 1 heterocycles. The molecule has 0 bridgehead atoms. The van der Waals surface area contributed by atoms with Crippen LogP contribution in [0.2, 0.25) is 5.02 Å². The summed E-state index contributed by atoms with van der Waals surface area (Å²) in [4.78, 5) is 12.5. The molecule has 4 nitrogen and oxygen atoms in total. The van der Waals surface area contributed by atoms with Crippen LogP contribution >= 0.6 is 23.8 Å². The summed E-state index contributed by atoms with van der Waals surface area (Å²) < 4.78 is 5.01. The van der Waals surface area contributed by atoms with Crippen LogP contribution in [0.25, 0.3) is 5.70 Å². The zero-order chi connectivity index (χ0) is 17.1.